The Bertz CT molecular complexity index is 365. The number of carbonyl (C=O) groups is 1. The molecule has 1 rings (SSSR count). The minimum Gasteiger partial charge on any atom is -0.478 e. The van der Waals surface area contributed by atoms with Gasteiger partial charge in [-0.1, -0.05) is 11.6 Å². The molecular formula is C8H5BrClNO2. The van der Waals surface area contributed by atoms with Crippen molar-refractivity contribution in [1.82, 2.24) is 4.98 Å². The summed E-state index contributed by atoms with van der Waals surface area (Å²) in [4.78, 5) is 14.0. The molecule has 0 aliphatic carbocycles. The van der Waals surface area contributed by atoms with Crippen LogP contribution in [-0.2, 0) is 4.79 Å². The second-order valence-electron chi connectivity index (χ2n) is 2.20. The van der Waals surface area contributed by atoms with E-state index >= 15 is 0 Å². The van der Waals surface area contributed by atoms with Gasteiger partial charge in [0.05, 0.1) is 0 Å². The minimum absolute atomic E-state index is 0.327. The first kappa shape index (κ1) is 10.2. The lowest BCUT2D eigenvalue weighted by Gasteiger charge is -1.96. The molecule has 0 fully saturated rings. The van der Waals surface area contributed by atoms with Crippen molar-refractivity contribution < 1.29 is 9.90 Å². The van der Waals surface area contributed by atoms with E-state index in [1.54, 1.807) is 6.07 Å². The highest BCUT2D eigenvalue weighted by Crippen LogP contribution is 2.19. The molecule has 0 aliphatic rings. The van der Waals surface area contributed by atoms with Crippen LogP contribution in [0.15, 0.2) is 22.8 Å². The molecule has 0 aromatic carbocycles. The summed E-state index contributed by atoms with van der Waals surface area (Å²) in [5.74, 6) is -1.00. The Kier molecular flexibility index (Phi) is 3.45. The highest BCUT2D eigenvalue weighted by atomic mass is 79.9. The van der Waals surface area contributed by atoms with Gasteiger partial charge < -0.3 is 5.11 Å². The molecular weight excluding hydrogens is 257 g/mol. The molecule has 1 heterocycles. The zero-order valence-corrected chi connectivity index (χ0v) is 8.71. The van der Waals surface area contributed by atoms with Gasteiger partial charge in [0.15, 0.2) is 0 Å². The molecule has 0 saturated carbocycles. The predicted octanol–water partition coefficient (Wildman–Crippen LogP) is 2.60. The van der Waals surface area contributed by atoms with Gasteiger partial charge in [-0.2, -0.15) is 0 Å². The van der Waals surface area contributed by atoms with Crippen LogP contribution in [0.5, 0.6) is 0 Å². The fourth-order valence-electron chi connectivity index (χ4n) is 0.716. The van der Waals surface area contributed by atoms with Crippen LogP contribution in [0.2, 0.25) is 5.15 Å². The molecule has 1 N–H and O–H groups in total. The van der Waals surface area contributed by atoms with Gasteiger partial charge in [-0.15, -0.1) is 0 Å². The Balaban J connectivity index is 3.00. The van der Waals surface area contributed by atoms with E-state index in [1.807, 2.05) is 0 Å². The van der Waals surface area contributed by atoms with Crippen LogP contribution >= 0.6 is 27.5 Å². The van der Waals surface area contributed by atoms with E-state index in [0.29, 0.717) is 15.2 Å². The first-order valence-corrected chi connectivity index (χ1v) is 4.49. The second-order valence-corrected chi connectivity index (χ2v) is 3.44. The van der Waals surface area contributed by atoms with Crippen LogP contribution in [-0.4, -0.2) is 16.1 Å². The van der Waals surface area contributed by atoms with Crippen LogP contribution in [0, 0.1) is 0 Å². The zero-order chi connectivity index (χ0) is 9.84. The number of halogens is 2. The van der Waals surface area contributed by atoms with E-state index in [9.17, 15) is 4.79 Å². The summed E-state index contributed by atoms with van der Waals surface area (Å²) in [6.45, 7) is 0. The SMILES string of the molecule is O=C(O)C=Cc1cc(Cl)ncc1Br. The van der Waals surface area contributed by atoms with E-state index in [2.05, 4.69) is 20.9 Å². The Morgan fingerprint density at radius 2 is 2.38 bits per heavy atom. The maximum absolute atomic E-state index is 10.2. The molecule has 0 atom stereocenters. The molecule has 0 amide bonds. The van der Waals surface area contributed by atoms with E-state index in [0.717, 1.165) is 6.08 Å². The summed E-state index contributed by atoms with van der Waals surface area (Å²) in [5.41, 5.74) is 0.683. The minimum atomic E-state index is -1.00. The molecule has 0 radical (unpaired) electrons. The molecule has 0 aliphatic heterocycles. The van der Waals surface area contributed by atoms with Crippen molar-refractivity contribution in [2.75, 3.05) is 0 Å². The third-order valence-electron chi connectivity index (χ3n) is 1.26. The van der Waals surface area contributed by atoms with E-state index in [4.69, 9.17) is 16.7 Å². The van der Waals surface area contributed by atoms with Gasteiger partial charge in [-0.05, 0) is 33.6 Å². The first-order valence-electron chi connectivity index (χ1n) is 3.31. The van der Waals surface area contributed by atoms with Gasteiger partial charge in [0, 0.05) is 16.7 Å². The second kappa shape index (κ2) is 4.39. The van der Waals surface area contributed by atoms with Crippen molar-refractivity contribution in [3.8, 4) is 0 Å². The third-order valence-corrected chi connectivity index (χ3v) is 2.13. The normalized spacial score (nSPS) is 10.6. The Morgan fingerprint density at radius 3 is 3.00 bits per heavy atom. The number of carboxylic acids is 1. The number of carboxylic acid groups (broad SMARTS) is 1. The monoisotopic (exact) mass is 261 g/mol. The average Bonchev–Trinajstić information content (AvgIpc) is 2.06. The quantitative estimate of drug-likeness (QED) is 0.658. The summed E-state index contributed by atoms with van der Waals surface area (Å²) in [6.07, 6.45) is 4.00. The predicted molar refractivity (Wildman–Crippen MR) is 53.6 cm³/mol. The zero-order valence-electron chi connectivity index (χ0n) is 6.37. The fourth-order valence-corrected chi connectivity index (χ4v) is 1.23. The molecule has 1 aromatic rings. The lowest BCUT2D eigenvalue weighted by molar-refractivity contribution is -0.131. The maximum atomic E-state index is 10.2. The largest absolute Gasteiger partial charge is 0.478 e. The van der Waals surface area contributed by atoms with Gasteiger partial charge in [0.25, 0.3) is 0 Å². The smallest absolute Gasteiger partial charge is 0.328 e. The summed E-state index contributed by atoms with van der Waals surface area (Å²) in [7, 11) is 0. The van der Waals surface area contributed by atoms with Gasteiger partial charge >= 0.3 is 5.97 Å². The molecule has 1 aromatic heterocycles. The average molecular weight is 262 g/mol. The van der Waals surface area contributed by atoms with Crippen molar-refractivity contribution in [2.24, 2.45) is 0 Å². The number of pyridine rings is 1. The van der Waals surface area contributed by atoms with Crippen molar-refractivity contribution in [3.05, 3.63) is 33.5 Å². The van der Waals surface area contributed by atoms with Crippen LogP contribution in [0.3, 0.4) is 0 Å². The number of nitrogens with zero attached hydrogens (tertiary/aromatic N) is 1. The Labute approximate surface area is 88.2 Å². The van der Waals surface area contributed by atoms with Gasteiger partial charge in [0.1, 0.15) is 5.15 Å². The van der Waals surface area contributed by atoms with Crippen molar-refractivity contribution in [1.29, 1.82) is 0 Å². The number of aliphatic carboxylic acids is 1. The number of hydrogen-bond donors (Lipinski definition) is 1. The highest BCUT2D eigenvalue weighted by molar-refractivity contribution is 9.10. The molecule has 13 heavy (non-hydrogen) atoms. The Hall–Kier alpha value is -0.870. The summed E-state index contributed by atoms with van der Waals surface area (Å²) >= 11 is 8.83. The molecule has 0 unspecified atom stereocenters. The van der Waals surface area contributed by atoms with Gasteiger partial charge in [-0.3, -0.25) is 0 Å². The lowest BCUT2D eigenvalue weighted by atomic mass is 10.2. The molecule has 5 heteroatoms. The lowest BCUT2D eigenvalue weighted by Crippen LogP contribution is -1.86. The summed E-state index contributed by atoms with van der Waals surface area (Å²) < 4.78 is 0.703. The Morgan fingerprint density at radius 1 is 1.69 bits per heavy atom. The first-order chi connectivity index (χ1) is 6.09. The number of hydrogen-bond acceptors (Lipinski definition) is 2. The molecule has 3 nitrogen and oxygen atoms in total. The van der Waals surface area contributed by atoms with Gasteiger partial charge in [0.2, 0.25) is 0 Å². The molecule has 0 saturated heterocycles. The van der Waals surface area contributed by atoms with Crippen LogP contribution in [0.25, 0.3) is 6.08 Å². The van der Waals surface area contributed by atoms with Crippen LogP contribution < -0.4 is 0 Å². The fraction of sp³-hybridized carbons (Fsp3) is 0. The maximum Gasteiger partial charge on any atom is 0.328 e. The topological polar surface area (TPSA) is 50.2 Å². The van der Waals surface area contributed by atoms with Crippen molar-refractivity contribution in [3.63, 3.8) is 0 Å². The number of aromatic nitrogens is 1. The van der Waals surface area contributed by atoms with E-state index in [-0.39, 0.29) is 0 Å². The van der Waals surface area contributed by atoms with Gasteiger partial charge in [-0.25, -0.2) is 9.78 Å². The van der Waals surface area contributed by atoms with Crippen molar-refractivity contribution >= 4 is 39.6 Å². The standard InChI is InChI=1S/C8H5BrClNO2/c9-6-4-11-7(10)3-5(6)1-2-8(12)13/h1-4H,(H,12,13). The van der Waals surface area contributed by atoms with Crippen molar-refractivity contribution in [2.45, 2.75) is 0 Å². The molecule has 68 valence electrons. The van der Waals surface area contributed by atoms with Crippen LogP contribution in [0.1, 0.15) is 5.56 Å². The third kappa shape index (κ3) is 3.16. The van der Waals surface area contributed by atoms with Crippen LogP contribution in [0.4, 0.5) is 0 Å². The summed E-state index contributed by atoms with van der Waals surface area (Å²) in [5, 5.41) is 8.71. The summed E-state index contributed by atoms with van der Waals surface area (Å²) in [6, 6.07) is 1.57. The molecule has 0 spiro atoms. The highest BCUT2D eigenvalue weighted by Gasteiger charge is 1.98. The molecule has 0 bridgehead atoms. The van der Waals surface area contributed by atoms with E-state index in [1.165, 1.54) is 12.3 Å². The number of rotatable bonds is 2. The van der Waals surface area contributed by atoms with E-state index < -0.39 is 5.97 Å².